The van der Waals surface area contributed by atoms with E-state index in [0.717, 1.165) is 11.4 Å². The molecule has 0 aliphatic rings. The van der Waals surface area contributed by atoms with Crippen LogP contribution in [0.15, 0.2) is 164 Å². The lowest BCUT2D eigenvalue weighted by atomic mass is 10.00. The lowest BCUT2D eigenvalue weighted by Crippen LogP contribution is -2.10. The molecule has 0 amide bonds. The molecule has 0 spiro atoms. The molecule has 0 radical (unpaired) electrons. The summed E-state index contributed by atoms with van der Waals surface area (Å²) in [6.45, 7) is 0. The maximum Gasteiger partial charge on any atom is 0.0640 e. The van der Waals surface area contributed by atoms with E-state index in [-0.39, 0.29) is 0 Å². The van der Waals surface area contributed by atoms with E-state index >= 15 is 0 Å². The Labute approximate surface area is 259 Å². The highest BCUT2D eigenvalue weighted by Gasteiger charge is 2.19. The Bertz CT molecular complexity index is 2500. The highest BCUT2D eigenvalue weighted by Crippen LogP contribution is 2.45. The predicted molar refractivity (Wildman–Crippen MR) is 192 cm³/mol. The Morgan fingerprint density at radius 2 is 0.977 bits per heavy atom. The van der Waals surface area contributed by atoms with Crippen LogP contribution in [0.5, 0.6) is 0 Å². The van der Waals surface area contributed by atoms with Crippen molar-refractivity contribution in [3.05, 3.63) is 164 Å². The van der Waals surface area contributed by atoms with Crippen molar-refractivity contribution in [2.45, 2.75) is 0 Å². The lowest BCUT2D eigenvalue weighted by molar-refractivity contribution is 1.31. The highest BCUT2D eigenvalue weighted by atomic mass is 32.1. The van der Waals surface area contributed by atoms with Crippen LogP contribution in [0, 0.1) is 0 Å². The summed E-state index contributed by atoms with van der Waals surface area (Å²) in [5.41, 5.74) is 5.92. The monoisotopic (exact) mass is 577 g/mol. The maximum absolute atomic E-state index is 2.43. The Balaban J connectivity index is 1.25. The van der Waals surface area contributed by atoms with Crippen molar-refractivity contribution >= 4 is 80.9 Å². The molecule has 0 unspecified atom stereocenters. The van der Waals surface area contributed by atoms with Crippen LogP contribution in [0.1, 0.15) is 0 Å². The molecule has 0 N–H and O–H groups in total. The normalized spacial score (nSPS) is 11.6. The Morgan fingerprint density at radius 1 is 0.364 bits per heavy atom. The van der Waals surface area contributed by atoms with Gasteiger partial charge in [-0.1, -0.05) is 121 Å². The first kappa shape index (κ1) is 25.1. The molecule has 9 aromatic rings. The average Bonchev–Trinajstić information content (AvgIpc) is 3.48. The van der Waals surface area contributed by atoms with Gasteiger partial charge in [0.15, 0.2) is 0 Å². The zero-order chi connectivity index (χ0) is 29.0. The fraction of sp³-hybridized carbons (Fsp3) is 0. The molecule has 2 heteroatoms. The minimum atomic E-state index is 1.14. The third-order valence-corrected chi connectivity index (χ3v) is 10.0. The van der Waals surface area contributed by atoms with Crippen LogP contribution in [0.3, 0.4) is 0 Å². The second-order valence-corrected chi connectivity index (χ2v) is 12.4. The van der Waals surface area contributed by atoms with Crippen LogP contribution in [-0.4, -0.2) is 0 Å². The molecule has 9 rings (SSSR count). The summed E-state index contributed by atoms with van der Waals surface area (Å²) in [4.78, 5) is 2.43. The fourth-order valence-electron chi connectivity index (χ4n) is 6.64. The number of benzene rings is 8. The van der Waals surface area contributed by atoms with Gasteiger partial charge in [-0.05, 0) is 85.9 Å². The molecule has 0 bridgehead atoms. The predicted octanol–water partition coefficient (Wildman–Crippen LogP) is 12.7. The summed E-state index contributed by atoms with van der Waals surface area (Å²) in [6.07, 6.45) is 0. The average molecular weight is 578 g/mol. The summed E-state index contributed by atoms with van der Waals surface area (Å²) in [5, 5.41) is 10.2. The van der Waals surface area contributed by atoms with Crippen molar-refractivity contribution in [3.63, 3.8) is 0 Å². The molecule has 1 nitrogen and oxygen atoms in total. The van der Waals surface area contributed by atoms with E-state index < -0.39 is 0 Å². The summed E-state index contributed by atoms with van der Waals surface area (Å²) in [6, 6.07) is 59.8. The van der Waals surface area contributed by atoms with Crippen LogP contribution in [-0.2, 0) is 0 Å². The Hall–Kier alpha value is -5.44. The number of nitrogens with zero attached hydrogens (tertiary/aromatic N) is 1. The van der Waals surface area contributed by atoms with E-state index in [9.17, 15) is 0 Å². The minimum absolute atomic E-state index is 1.14. The first-order valence-electron chi connectivity index (χ1n) is 15.0. The van der Waals surface area contributed by atoms with Gasteiger partial charge in [0.2, 0.25) is 0 Å². The summed E-state index contributed by atoms with van der Waals surface area (Å²) < 4.78 is 2.61. The van der Waals surface area contributed by atoms with Gasteiger partial charge in [0, 0.05) is 26.8 Å². The summed E-state index contributed by atoms with van der Waals surface area (Å²) in [7, 11) is 0. The van der Waals surface area contributed by atoms with Crippen LogP contribution in [0.2, 0.25) is 0 Å². The van der Waals surface area contributed by atoms with Crippen LogP contribution >= 0.6 is 11.3 Å². The molecule has 0 aliphatic carbocycles. The van der Waals surface area contributed by atoms with Gasteiger partial charge in [0.1, 0.15) is 0 Å². The SMILES string of the molecule is c1ccc2cc(-c3ccc(N(c4ccc5ccc6ccccc6c5c4)c4cccc5c4sc4ccccc45)cc3)ccc2c1. The first-order chi connectivity index (χ1) is 21.8. The fourth-order valence-corrected chi connectivity index (χ4v) is 7.84. The van der Waals surface area contributed by atoms with Gasteiger partial charge in [0.25, 0.3) is 0 Å². The van der Waals surface area contributed by atoms with Crippen molar-refractivity contribution in [2.75, 3.05) is 4.90 Å². The molecule has 0 saturated heterocycles. The van der Waals surface area contributed by atoms with Crippen molar-refractivity contribution in [1.82, 2.24) is 0 Å². The third-order valence-electron chi connectivity index (χ3n) is 8.82. The number of fused-ring (bicyclic) bond motifs is 7. The van der Waals surface area contributed by atoms with Gasteiger partial charge in [0.05, 0.1) is 10.4 Å². The number of anilines is 3. The van der Waals surface area contributed by atoms with Crippen molar-refractivity contribution in [3.8, 4) is 11.1 Å². The highest BCUT2D eigenvalue weighted by molar-refractivity contribution is 7.26. The maximum atomic E-state index is 2.43. The zero-order valence-electron chi connectivity index (χ0n) is 23.9. The molecule has 1 heterocycles. The van der Waals surface area contributed by atoms with Gasteiger partial charge in [-0.2, -0.15) is 0 Å². The molecular formula is C42H27NS. The molecule has 0 atom stereocenters. The quantitative estimate of drug-likeness (QED) is 0.188. The van der Waals surface area contributed by atoms with E-state index in [1.807, 2.05) is 11.3 Å². The molecule has 0 aliphatic heterocycles. The van der Waals surface area contributed by atoms with E-state index in [1.54, 1.807) is 0 Å². The van der Waals surface area contributed by atoms with Crippen LogP contribution in [0.25, 0.3) is 63.6 Å². The summed E-state index contributed by atoms with van der Waals surface area (Å²) in [5.74, 6) is 0. The van der Waals surface area contributed by atoms with Crippen molar-refractivity contribution < 1.29 is 0 Å². The van der Waals surface area contributed by atoms with Gasteiger partial charge in [-0.3, -0.25) is 0 Å². The van der Waals surface area contributed by atoms with Gasteiger partial charge >= 0.3 is 0 Å². The molecule has 0 fully saturated rings. The van der Waals surface area contributed by atoms with Crippen LogP contribution < -0.4 is 4.90 Å². The Kier molecular flexibility index (Phi) is 5.75. The molecule has 44 heavy (non-hydrogen) atoms. The number of hydrogen-bond acceptors (Lipinski definition) is 2. The topological polar surface area (TPSA) is 3.24 Å². The molecule has 8 aromatic carbocycles. The third kappa shape index (κ3) is 4.07. The van der Waals surface area contributed by atoms with Crippen molar-refractivity contribution in [2.24, 2.45) is 0 Å². The second-order valence-electron chi connectivity index (χ2n) is 11.4. The van der Waals surface area contributed by atoms with E-state index in [0.29, 0.717) is 0 Å². The number of rotatable bonds is 4. The lowest BCUT2D eigenvalue weighted by Gasteiger charge is -2.27. The van der Waals surface area contributed by atoms with E-state index in [4.69, 9.17) is 0 Å². The number of thiophene rings is 1. The molecule has 0 saturated carbocycles. The van der Waals surface area contributed by atoms with E-state index in [1.165, 1.54) is 69.3 Å². The largest absolute Gasteiger partial charge is 0.309 e. The zero-order valence-corrected chi connectivity index (χ0v) is 24.8. The Morgan fingerprint density at radius 3 is 1.84 bits per heavy atom. The van der Waals surface area contributed by atoms with Gasteiger partial charge in [-0.25, -0.2) is 0 Å². The molecular weight excluding hydrogens is 551 g/mol. The van der Waals surface area contributed by atoms with Gasteiger partial charge < -0.3 is 4.90 Å². The van der Waals surface area contributed by atoms with Crippen LogP contribution in [0.4, 0.5) is 17.1 Å². The molecule has 206 valence electrons. The van der Waals surface area contributed by atoms with Gasteiger partial charge in [-0.15, -0.1) is 11.3 Å². The second kappa shape index (κ2) is 10.1. The molecule has 1 aromatic heterocycles. The summed E-state index contributed by atoms with van der Waals surface area (Å²) >= 11 is 1.87. The smallest absolute Gasteiger partial charge is 0.0640 e. The standard InChI is InChI=1S/C42H27NS/c1-2-10-32-26-33(19-16-28(32)8-1)29-20-23-34(24-21-29)43(40-14-7-13-38-37-12-5-6-15-41(37)44-42(38)40)35-25-22-31-18-17-30-9-3-4-11-36(30)39(31)27-35/h1-27H. The van der Waals surface area contributed by atoms with E-state index in [2.05, 4.69) is 169 Å². The number of hydrogen-bond donors (Lipinski definition) is 0. The van der Waals surface area contributed by atoms with Crippen molar-refractivity contribution in [1.29, 1.82) is 0 Å². The first-order valence-corrected chi connectivity index (χ1v) is 15.8. The minimum Gasteiger partial charge on any atom is -0.309 e.